The molecule has 0 bridgehead atoms. The van der Waals surface area contributed by atoms with Crippen molar-refractivity contribution in [2.24, 2.45) is 0 Å². The van der Waals surface area contributed by atoms with Gasteiger partial charge in [-0.1, -0.05) is 19.1 Å². The van der Waals surface area contributed by atoms with Gasteiger partial charge in [-0.25, -0.2) is 0 Å². The fourth-order valence-electron chi connectivity index (χ4n) is 2.74. The number of benzene rings is 2. The lowest BCUT2D eigenvalue weighted by atomic mass is 10.1. The van der Waals surface area contributed by atoms with E-state index in [1.54, 1.807) is 36.3 Å². The maximum Gasteiger partial charge on any atom is 0.254 e. The Bertz CT molecular complexity index is 829. The van der Waals surface area contributed by atoms with Crippen LogP contribution in [0.25, 0.3) is 0 Å². The van der Waals surface area contributed by atoms with E-state index in [0.29, 0.717) is 46.8 Å². The molecule has 27 heavy (non-hydrogen) atoms. The predicted octanol–water partition coefficient (Wildman–Crippen LogP) is 4.78. The van der Waals surface area contributed by atoms with Crippen molar-refractivity contribution in [3.8, 4) is 17.6 Å². The van der Waals surface area contributed by atoms with Gasteiger partial charge in [-0.3, -0.25) is 4.79 Å². The smallest absolute Gasteiger partial charge is 0.254 e. The number of halogens is 1. The zero-order valence-corrected chi connectivity index (χ0v) is 17.4. The minimum absolute atomic E-state index is 0.0803. The van der Waals surface area contributed by atoms with E-state index in [4.69, 9.17) is 14.7 Å². The Labute approximate surface area is 168 Å². The monoisotopic (exact) mass is 430 g/mol. The molecule has 142 valence electrons. The van der Waals surface area contributed by atoms with Gasteiger partial charge in [-0.05, 0) is 59.1 Å². The number of carbonyl (C=O) groups excluding carboxylic acids is 1. The van der Waals surface area contributed by atoms with E-state index in [0.717, 1.165) is 12.0 Å². The van der Waals surface area contributed by atoms with E-state index in [9.17, 15) is 4.79 Å². The Morgan fingerprint density at radius 2 is 1.93 bits per heavy atom. The van der Waals surface area contributed by atoms with Crippen molar-refractivity contribution in [3.63, 3.8) is 0 Å². The molecule has 0 unspecified atom stereocenters. The van der Waals surface area contributed by atoms with Crippen molar-refractivity contribution < 1.29 is 14.3 Å². The average Bonchev–Trinajstić information content (AvgIpc) is 2.69. The number of methoxy groups -OCH3 is 1. The zero-order valence-electron chi connectivity index (χ0n) is 15.8. The summed E-state index contributed by atoms with van der Waals surface area (Å²) in [5.74, 6) is 1.03. The molecule has 0 radical (unpaired) electrons. The molecular weight excluding hydrogens is 408 g/mol. The quantitative estimate of drug-likeness (QED) is 0.604. The van der Waals surface area contributed by atoms with Crippen molar-refractivity contribution in [2.45, 2.75) is 26.8 Å². The van der Waals surface area contributed by atoms with E-state index in [1.807, 2.05) is 26.0 Å². The standard InChI is InChI=1S/C21H23BrN2O3/c1-4-10-24(14-16-8-6-15(13-23)7-9-16)21(25)17-11-18(22)20(27-5-2)19(12-17)26-3/h6-9,11-12H,4-5,10,14H2,1-3H3. The minimum atomic E-state index is -0.0803. The highest BCUT2D eigenvalue weighted by atomic mass is 79.9. The number of hydrogen-bond acceptors (Lipinski definition) is 4. The van der Waals surface area contributed by atoms with Crippen molar-refractivity contribution in [1.82, 2.24) is 4.90 Å². The van der Waals surface area contributed by atoms with Gasteiger partial charge in [-0.2, -0.15) is 5.26 Å². The topological polar surface area (TPSA) is 62.6 Å². The van der Waals surface area contributed by atoms with Gasteiger partial charge in [0.05, 0.1) is 29.8 Å². The molecule has 6 heteroatoms. The summed E-state index contributed by atoms with van der Waals surface area (Å²) >= 11 is 3.47. The van der Waals surface area contributed by atoms with Crippen molar-refractivity contribution in [2.75, 3.05) is 20.3 Å². The first-order valence-corrected chi connectivity index (χ1v) is 9.61. The number of amides is 1. The van der Waals surface area contributed by atoms with Gasteiger partial charge < -0.3 is 14.4 Å². The molecule has 0 aliphatic rings. The van der Waals surface area contributed by atoms with Gasteiger partial charge in [0, 0.05) is 18.7 Å². The number of nitriles is 1. The molecule has 0 aliphatic carbocycles. The van der Waals surface area contributed by atoms with Crippen molar-refractivity contribution in [3.05, 3.63) is 57.6 Å². The van der Waals surface area contributed by atoms with Gasteiger partial charge in [0.2, 0.25) is 0 Å². The summed E-state index contributed by atoms with van der Waals surface area (Å²) in [6.07, 6.45) is 0.845. The minimum Gasteiger partial charge on any atom is -0.493 e. The Balaban J connectivity index is 2.30. The van der Waals surface area contributed by atoms with Crippen LogP contribution in [0.3, 0.4) is 0 Å². The third kappa shape index (κ3) is 5.24. The second kappa shape index (κ2) is 9.98. The van der Waals surface area contributed by atoms with Crippen LogP contribution in [-0.4, -0.2) is 31.1 Å². The predicted molar refractivity (Wildman–Crippen MR) is 108 cm³/mol. The summed E-state index contributed by atoms with van der Waals surface area (Å²) in [4.78, 5) is 14.9. The summed E-state index contributed by atoms with van der Waals surface area (Å²) in [5, 5.41) is 8.93. The fraction of sp³-hybridized carbons (Fsp3) is 0.333. The van der Waals surface area contributed by atoms with Crippen LogP contribution in [0.2, 0.25) is 0 Å². The van der Waals surface area contributed by atoms with Gasteiger partial charge in [-0.15, -0.1) is 0 Å². The first-order chi connectivity index (χ1) is 13.0. The molecule has 0 atom stereocenters. The lowest BCUT2D eigenvalue weighted by molar-refractivity contribution is 0.0742. The Morgan fingerprint density at radius 3 is 2.48 bits per heavy atom. The summed E-state index contributed by atoms with van der Waals surface area (Å²) in [6, 6.07) is 12.9. The largest absolute Gasteiger partial charge is 0.493 e. The number of carbonyl (C=O) groups is 1. The average molecular weight is 431 g/mol. The van der Waals surface area contributed by atoms with Gasteiger partial charge in [0.1, 0.15) is 0 Å². The highest BCUT2D eigenvalue weighted by Gasteiger charge is 2.20. The third-order valence-electron chi connectivity index (χ3n) is 4.00. The van der Waals surface area contributed by atoms with Gasteiger partial charge in [0.15, 0.2) is 11.5 Å². The molecule has 0 aliphatic heterocycles. The lowest BCUT2D eigenvalue weighted by Gasteiger charge is -2.23. The number of nitrogens with zero attached hydrogens (tertiary/aromatic N) is 2. The second-order valence-corrected chi connectivity index (χ2v) is 6.81. The molecule has 1 amide bonds. The number of hydrogen-bond donors (Lipinski definition) is 0. The van der Waals surface area contributed by atoms with Gasteiger partial charge in [0.25, 0.3) is 5.91 Å². The molecule has 0 fully saturated rings. The molecule has 2 aromatic rings. The van der Waals surface area contributed by atoms with Crippen LogP contribution in [-0.2, 0) is 6.54 Å². The normalized spacial score (nSPS) is 10.2. The van der Waals surface area contributed by atoms with E-state index in [1.165, 1.54) is 0 Å². The van der Waals surface area contributed by atoms with Crippen LogP contribution >= 0.6 is 15.9 Å². The Morgan fingerprint density at radius 1 is 1.22 bits per heavy atom. The first kappa shape index (κ1) is 20.8. The molecule has 2 rings (SSSR count). The van der Waals surface area contributed by atoms with E-state index in [2.05, 4.69) is 22.0 Å². The molecule has 5 nitrogen and oxygen atoms in total. The summed E-state index contributed by atoms with van der Waals surface area (Å²) in [7, 11) is 1.55. The van der Waals surface area contributed by atoms with Crippen molar-refractivity contribution in [1.29, 1.82) is 5.26 Å². The zero-order chi connectivity index (χ0) is 19.8. The molecule has 0 saturated heterocycles. The SMILES string of the molecule is CCCN(Cc1ccc(C#N)cc1)C(=O)c1cc(Br)c(OCC)c(OC)c1. The molecule has 0 spiro atoms. The Kier molecular flexibility index (Phi) is 7.68. The second-order valence-electron chi connectivity index (χ2n) is 5.96. The number of ether oxygens (including phenoxy) is 2. The third-order valence-corrected chi connectivity index (χ3v) is 4.59. The van der Waals surface area contributed by atoms with E-state index >= 15 is 0 Å². The van der Waals surface area contributed by atoms with E-state index in [-0.39, 0.29) is 5.91 Å². The van der Waals surface area contributed by atoms with Crippen LogP contribution in [0.1, 0.15) is 41.8 Å². The van der Waals surface area contributed by atoms with Crippen LogP contribution in [0, 0.1) is 11.3 Å². The maximum absolute atomic E-state index is 13.1. The highest BCUT2D eigenvalue weighted by Crippen LogP contribution is 2.37. The molecule has 2 aromatic carbocycles. The van der Waals surface area contributed by atoms with Crippen LogP contribution in [0.15, 0.2) is 40.9 Å². The van der Waals surface area contributed by atoms with Gasteiger partial charge >= 0.3 is 0 Å². The Hall–Kier alpha value is -2.52. The lowest BCUT2D eigenvalue weighted by Crippen LogP contribution is -2.31. The summed E-state index contributed by atoms with van der Waals surface area (Å²) in [5.41, 5.74) is 2.12. The van der Waals surface area contributed by atoms with Crippen LogP contribution in [0.4, 0.5) is 0 Å². The first-order valence-electron chi connectivity index (χ1n) is 8.82. The molecule has 0 saturated carbocycles. The summed E-state index contributed by atoms with van der Waals surface area (Å²) in [6.45, 7) is 5.54. The maximum atomic E-state index is 13.1. The number of rotatable bonds is 8. The van der Waals surface area contributed by atoms with Crippen LogP contribution < -0.4 is 9.47 Å². The fourth-order valence-corrected chi connectivity index (χ4v) is 3.29. The van der Waals surface area contributed by atoms with E-state index < -0.39 is 0 Å². The summed E-state index contributed by atoms with van der Waals surface area (Å²) < 4.78 is 11.7. The molecular formula is C21H23BrN2O3. The molecule has 0 N–H and O–H groups in total. The molecule has 0 heterocycles. The van der Waals surface area contributed by atoms with Crippen molar-refractivity contribution >= 4 is 21.8 Å². The highest BCUT2D eigenvalue weighted by molar-refractivity contribution is 9.10. The molecule has 0 aromatic heterocycles. The van der Waals surface area contributed by atoms with Crippen LogP contribution in [0.5, 0.6) is 11.5 Å².